The van der Waals surface area contributed by atoms with Gasteiger partial charge in [0.25, 0.3) is 0 Å². The van der Waals surface area contributed by atoms with Gasteiger partial charge in [-0.3, -0.25) is 14.6 Å². The molecule has 3 N–H and O–H groups in total. The van der Waals surface area contributed by atoms with Crippen molar-refractivity contribution in [1.29, 1.82) is 0 Å². The Bertz CT molecular complexity index is 699. The van der Waals surface area contributed by atoms with E-state index in [-0.39, 0.29) is 25.9 Å². The Hall–Kier alpha value is -2.77. The lowest BCUT2D eigenvalue weighted by molar-refractivity contribution is -0.137. The molecule has 8 heteroatoms. The van der Waals surface area contributed by atoms with Crippen LogP contribution in [0.3, 0.4) is 0 Å². The Kier molecular flexibility index (Phi) is 4.27. The zero-order valence-corrected chi connectivity index (χ0v) is 11.0. The Morgan fingerprint density at radius 1 is 1.14 bits per heavy atom. The molecule has 0 aliphatic heterocycles. The number of rotatable bonds is 7. The first-order chi connectivity index (χ1) is 9.95. The average molecular weight is 294 g/mol. The van der Waals surface area contributed by atoms with Crippen molar-refractivity contribution >= 4 is 28.7 Å². The summed E-state index contributed by atoms with van der Waals surface area (Å²) < 4.78 is 4.88. The van der Waals surface area contributed by atoms with E-state index >= 15 is 0 Å². The molecule has 0 bridgehead atoms. The molecule has 2 rings (SSSR count). The fourth-order valence-electron chi connectivity index (χ4n) is 1.97. The molecule has 112 valence electrons. The third kappa shape index (κ3) is 3.85. The molecule has 0 radical (unpaired) electrons. The Morgan fingerprint density at radius 2 is 1.76 bits per heavy atom. The second-order valence-electron chi connectivity index (χ2n) is 4.47. The molecule has 8 nitrogen and oxygen atoms in total. The number of hydrogen-bond donors (Lipinski definition) is 3. The van der Waals surface area contributed by atoms with Gasteiger partial charge in [0.15, 0.2) is 5.58 Å². The fraction of sp³-hybridized carbons (Fsp3) is 0.308. The van der Waals surface area contributed by atoms with Gasteiger partial charge < -0.3 is 19.5 Å². The van der Waals surface area contributed by atoms with E-state index in [9.17, 15) is 14.4 Å². The molecule has 21 heavy (non-hydrogen) atoms. The summed E-state index contributed by atoms with van der Waals surface area (Å²) in [6.45, 7) is 0.354. The van der Waals surface area contributed by atoms with Gasteiger partial charge in [0.1, 0.15) is 0 Å². The summed E-state index contributed by atoms with van der Waals surface area (Å²) in [7, 11) is 0. The number of aromatic nitrogens is 1. The van der Waals surface area contributed by atoms with E-state index in [0.717, 1.165) is 0 Å². The van der Waals surface area contributed by atoms with Gasteiger partial charge in [0.2, 0.25) is 0 Å². The normalized spacial score (nSPS) is 10.7. The summed E-state index contributed by atoms with van der Waals surface area (Å²) in [5, 5.41) is 17.5. The van der Waals surface area contributed by atoms with Crippen LogP contribution in [0.5, 0.6) is 0 Å². The molecule has 0 fully saturated rings. The summed E-state index contributed by atoms with van der Waals surface area (Å²) in [6.07, 6.45) is -0.223. The number of H-pyrrole nitrogens is 1. The van der Waals surface area contributed by atoms with Crippen LogP contribution in [0.25, 0.3) is 11.1 Å². The number of aromatic amines is 1. The first kappa shape index (κ1) is 14.6. The second-order valence-corrected chi connectivity index (χ2v) is 4.47. The number of oxazole rings is 1. The summed E-state index contributed by atoms with van der Waals surface area (Å²) in [4.78, 5) is 36.6. The van der Waals surface area contributed by atoms with E-state index in [1.165, 1.54) is 0 Å². The van der Waals surface area contributed by atoms with Gasteiger partial charge in [-0.1, -0.05) is 0 Å². The van der Waals surface area contributed by atoms with Gasteiger partial charge in [-0.25, -0.2) is 4.79 Å². The monoisotopic (exact) mass is 294 g/mol. The van der Waals surface area contributed by atoms with E-state index in [1.807, 2.05) is 0 Å². The molecule has 0 saturated heterocycles. The number of carboxylic acid groups (broad SMARTS) is 2. The highest BCUT2D eigenvalue weighted by Gasteiger charge is 2.12. The quantitative estimate of drug-likeness (QED) is 0.692. The molecule has 1 heterocycles. The van der Waals surface area contributed by atoms with Crippen molar-refractivity contribution in [3.8, 4) is 0 Å². The van der Waals surface area contributed by atoms with Crippen LogP contribution in [-0.4, -0.2) is 40.2 Å². The van der Waals surface area contributed by atoms with Crippen LogP contribution in [0, 0.1) is 0 Å². The number of nitrogens with one attached hydrogen (secondary N) is 1. The van der Waals surface area contributed by atoms with Crippen LogP contribution < -0.4 is 10.7 Å². The van der Waals surface area contributed by atoms with Crippen molar-refractivity contribution < 1.29 is 24.2 Å². The maximum atomic E-state index is 11.1. The van der Waals surface area contributed by atoms with E-state index in [2.05, 4.69) is 4.98 Å². The van der Waals surface area contributed by atoms with Crippen molar-refractivity contribution in [3.05, 3.63) is 28.7 Å². The lowest BCUT2D eigenvalue weighted by Crippen LogP contribution is -2.28. The Morgan fingerprint density at radius 3 is 2.33 bits per heavy atom. The highest BCUT2D eigenvalue weighted by molar-refractivity contribution is 5.77. The minimum Gasteiger partial charge on any atom is -0.481 e. The summed E-state index contributed by atoms with van der Waals surface area (Å²) in [5.41, 5.74) is 1.50. The zero-order chi connectivity index (χ0) is 15.4. The van der Waals surface area contributed by atoms with Crippen LogP contribution in [0.4, 0.5) is 5.69 Å². The van der Waals surface area contributed by atoms with Crippen molar-refractivity contribution in [1.82, 2.24) is 4.98 Å². The molecule has 0 atom stereocenters. The number of carbonyl (C=O) groups is 2. The lowest BCUT2D eigenvalue weighted by atomic mass is 10.2. The summed E-state index contributed by atoms with van der Waals surface area (Å²) >= 11 is 0. The molecule has 0 aliphatic carbocycles. The SMILES string of the molecule is O=C(O)CCN(CCC(=O)O)c1ccc2oc(=O)[nH]c2c1. The van der Waals surface area contributed by atoms with Crippen LogP contribution >= 0.6 is 0 Å². The molecule has 1 aromatic heterocycles. The second kappa shape index (κ2) is 6.12. The number of nitrogens with zero attached hydrogens (tertiary/aromatic N) is 1. The topological polar surface area (TPSA) is 124 Å². The highest BCUT2D eigenvalue weighted by Crippen LogP contribution is 2.20. The molecule has 0 amide bonds. The Balaban J connectivity index is 2.24. The van der Waals surface area contributed by atoms with Crippen LogP contribution in [0.15, 0.2) is 27.4 Å². The molecule has 2 aromatic rings. The van der Waals surface area contributed by atoms with Gasteiger partial charge in [-0.2, -0.15) is 0 Å². The minimum absolute atomic E-state index is 0.112. The van der Waals surface area contributed by atoms with E-state index < -0.39 is 17.7 Å². The average Bonchev–Trinajstić information content (AvgIpc) is 2.77. The number of aliphatic carboxylic acids is 2. The predicted octanol–water partition coefficient (Wildman–Crippen LogP) is 0.877. The van der Waals surface area contributed by atoms with Crippen LogP contribution in [0.1, 0.15) is 12.8 Å². The van der Waals surface area contributed by atoms with Crippen molar-refractivity contribution in [2.45, 2.75) is 12.8 Å². The number of hydrogen-bond acceptors (Lipinski definition) is 5. The minimum atomic E-state index is -0.965. The summed E-state index contributed by atoms with van der Waals surface area (Å²) in [6, 6.07) is 4.86. The number of carboxylic acids is 2. The molecule has 0 unspecified atom stereocenters. The lowest BCUT2D eigenvalue weighted by Gasteiger charge is -2.23. The number of fused-ring (bicyclic) bond motifs is 1. The third-order valence-electron chi connectivity index (χ3n) is 2.96. The van der Waals surface area contributed by atoms with Gasteiger partial charge in [0.05, 0.1) is 18.4 Å². The molecule has 0 saturated carbocycles. The molecular formula is C13H14N2O6. The van der Waals surface area contributed by atoms with Gasteiger partial charge in [0, 0.05) is 18.8 Å². The maximum absolute atomic E-state index is 11.1. The molecule has 1 aromatic carbocycles. The number of anilines is 1. The summed E-state index contributed by atoms with van der Waals surface area (Å²) in [5.74, 6) is -2.51. The van der Waals surface area contributed by atoms with E-state index in [4.69, 9.17) is 14.6 Å². The van der Waals surface area contributed by atoms with Gasteiger partial charge >= 0.3 is 17.7 Å². The molecule has 0 aliphatic rings. The van der Waals surface area contributed by atoms with Crippen molar-refractivity contribution in [3.63, 3.8) is 0 Å². The first-order valence-corrected chi connectivity index (χ1v) is 6.27. The maximum Gasteiger partial charge on any atom is 0.417 e. The van der Waals surface area contributed by atoms with Crippen molar-refractivity contribution in [2.75, 3.05) is 18.0 Å². The van der Waals surface area contributed by atoms with E-state index in [0.29, 0.717) is 16.8 Å². The van der Waals surface area contributed by atoms with Crippen LogP contribution in [-0.2, 0) is 9.59 Å². The zero-order valence-electron chi connectivity index (χ0n) is 11.0. The van der Waals surface area contributed by atoms with Crippen molar-refractivity contribution in [2.24, 2.45) is 0 Å². The standard InChI is InChI=1S/C13H14N2O6/c16-11(17)3-5-15(6-4-12(18)19)8-1-2-10-9(7-8)14-13(20)21-10/h1-2,7H,3-6H2,(H,14,20)(H,16,17)(H,18,19). The van der Waals surface area contributed by atoms with Crippen LogP contribution in [0.2, 0.25) is 0 Å². The predicted molar refractivity (Wildman–Crippen MR) is 73.6 cm³/mol. The van der Waals surface area contributed by atoms with Gasteiger partial charge in [-0.05, 0) is 18.2 Å². The Labute approximate surface area is 118 Å². The van der Waals surface area contributed by atoms with E-state index in [1.54, 1.807) is 23.1 Å². The first-order valence-electron chi connectivity index (χ1n) is 6.27. The smallest absolute Gasteiger partial charge is 0.417 e. The third-order valence-corrected chi connectivity index (χ3v) is 2.96. The molecule has 0 spiro atoms. The fourth-order valence-corrected chi connectivity index (χ4v) is 1.97. The van der Waals surface area contributed by atoms with Gasteiger partial charge in [-0.15, -0.1) is 0 Å². The molecular weight excluding hydrogens is 280 g/mol. The number of benzene rings is 1. The largest absolute Gasteiger partial charge is 0.481 e. The highest BCUT2D eigenvalue weighted by atomic mass is 16.4.